The molecule has 14 nitrogen and oxygen atoms in total. The molecule has 0 radical (unpaired) electrons. The highest BCUT2D eigenvalue weighted by Crippen LogP contribution is 2.50. The molecule has 2 aliphatic carbocycles. The van der Waals surface area contributed by atoms with Crippen LogP contribution in [0.15, 0.2) is 25.3 Å². The molecular formula is C39H62N2O12. The monoisotopic (exact) mass is 750 g/mol. The summed E-state index contributed by atoms with van der Waals surface area (Å²) in [6.45, 7) is 21.1. The standard InChI is InChI=1S/C39H62N2O12/c1-10-30(42)48-14-15-50-32(44)12-13-38(8)22-29(21-37(6,7)24-38)41-35(47)53-27(3)23-52-33(45)18-28-19-36(4,5)25-39(9,20-28)26-40-34(46)51-17-16-49-31(43)11-2/h10-11,27-29H,1-2,12-26H2,3-9H3,(H,40,46)(H,41,47). The molecule has 0 aromatic heterocycles. The molecule has 300 valence electrons. The van der Waals surface area contributed by atoms with Crippen LogP contribution in [0.2, 0.25) is 0 Å². The van der Waals surface area contributed by atoms with E-state index < -0.39 is 30.2 Å². The SMILES string of the molecule is C=CC(=O)OCCOC(=O)CCC1(C)CC(NC(=O)OC(C)COC(=O)CC2CC(C)(C)CC(C)(CNC(=O)OCCOC(=O)C=C)C2)CC(C)(C)C1. The van der Waals surface area contributed by atoms with Crippen LogP contribution in [-0.4, -0.2) is 87.8 Å². The first-order chi connectivity index (χ1) is 24.7. The maximum Gasteiger partial charge on any atom is 0.407 e. The maximum atomic E-state index is 12.9. The van der Waals surface area contributed by atoms with Crippen molar-refractivity contribution < 1.29 is 57.2 Å². The minimum Gasteiger partial charge on any atom is -0.462 e. The van der Waals surface area contributed by atoms with Gasteiger partial charge in [0.05, 0.1) is 0 Å². The first-order valence-corrected chi connectivity index (χ1v) is 18.4. The molecule has 2 saturated carbocycles. The third-order valence-electron chi connectivity index (χ3n) is 9.61. The van der Waals surface area contributed by atoms with Crippen LogP contribution in [0.1, 0.15) is 106 Å². The summed E-state index contributed by atoms with van der Waals surface area (Å²) in [5.41, 5.74) is -0.692. The van der Waals surface area contributed by atoms with Crippen molar-refractivity contribution in [1.82, 2.24) is 10.6 Å². The molecule has 53 heavy (non-hydrogen) atoms. The molecule has 0 spiro atoms. The second-order valence-electron chi connectivity index (χ2n) is 16.9. The van der Waals surface area contributed by atoms with Crippen molar-refractivity contribution in [2.45, 2.75) is 118 Å². The van der Waals surface area contributed by atoms with Gasteiger partial charge in [-0.2, -0.15) is 0 Å². The molecule has 2 aliphatic rings. The van der Waals surface area contributed by atoms with E-state index in [1.807, 2.05) is 0 Å². The number of amides is 2. The highest BCUT2D eigenvalue weighted by Gasteiger charge is 2.43. The van der Waals surface area contributed by atoms with Gasteiger partial charge in [-0.25, -0.2) is 19.2 Å². The van der Waals surface area contributed by atoms with Gasteiger partial charge in [-0.15, -0.1) is 0 Å². The fourth-order valence-corrected chi connectivity index (χ4v) is 8.48. The molecule has 5 atom stereocenters. The third kappa shape index (κ3) is 18.0. The molecular weight excluding hydrogens is 688 g/mol. The number of hydrogen-bond acceptors (Lipinski definition) is 12. The molecule has 0 aliphatic heterocycles. The zero-order valence-electron chi connectivity index (χ0n) is 32.8. The lowest BCUT2D eigenvalue weighted by Gasteiger charge is -2.47. The first-order valence-electron chi connectivity index (χ1n) is 18.4. The second kappa shape index (κ2) is 20.4. The lowest BCUT2D eigenvalue weighted by Crippen LogP contribution is -2.47. The predicted molar refractivity (Wildman–Crippen MR) is 195 cm³/mol. The molecule has 0 bridgehead atoms. The van der Waals surface area contributed by atoms with Crippen molar-refractivity contribution in [2.75, 3.05) is 39.6 Å². The molecule has 2 amide bonds. The smallest absolute Gasteiger partial charge is 0.407 e. The van der Waals surface area contributed by atoms with Crippen molar-refractivity contribution in [3.05, 3.63) is 25.3 Å². The zero-order valence-corrected chi connectivity index (χ0v) is 32.8. The van der Waals surface area contributed by atoms with E-state index in [0.29, 0.717) is 25.8 Å². The zero-order chi connectivity index (χ0) is 39.9. The summed E-state index contributed by atoms with van der Waals surface area (Å²) >= 11 is 0. The van der Waals surface area contributed by atoms with Crippen molar-refractivity contribution in [3.63, 3.8) is 0 Å². The van der Waals surface area contributed by atoms with E-state index in [0.717, 1.165) is 37.8 Å². The van der Waals surface area contributed by atoms with Gasteiger partial charge in [0.25, 0.3) is 0 Å². The molecule has 2 fully saturated rings. The Hall–Kier alpha value is -4.10. The van der Waals surface area contributed by atoms with Crippen LogP contribution >= 0.6 is 0 Å². The van der Waals surface area contributed by atoms with Crippen molar-refractivity contribution in [3.8, 4) is 0 Å². The number of rotatable bonds is 19. The lowest BCUT2D eigenvalue weighted by molar-refractivity contribution is -0.150. The molecule has 5 unspecified atom stereocenters. The van der Waals surface area contributed by atoms with E-state index in [1.54, 1.807) is 6.92 Å². The Balaban J connectivity index is 1.78. The summed E-state index contributed by atoms with van der Waals surface area (Å²) < 4.78 is 31.0. The molecule has 0 saturated heterocycles. The van der Waals surface area contributed by atoms with Gasteiger partial charge in [0.1, 0.15) is 39.1 Å². The molecule has 0 heterocycles. The summed E-state index contributed by atoms with van der Waals surface area (Å²) in [5.74, 6) is -1.90. The van der Waals surface area contributed by atoms with Crippen LogP contribution in [-0.2, 0) is 47.6 Å². The van der Waals surface area contributed by atoms with Gasteiger partial charge >= 0.3 is 36.1 Å². The quantitative estimate of drug-likeness (QED) is 0.0685. The van der Waals surface area contributed by atoms with Crippen molar-refractivity contribution in [2.24, 2.45) is 27.6 Å². The van der Waals surface area contributed by atoms with E-state index in [1.165, 1.54) is 0 Å². The van der Waals surface area contributed by atoms with E-state index in [9.17, 15) is 28.8 Å². The van der Waals surface area contributed by atoms with E-state index >= 15 is 0 Å². The fraction of sp³-hybridized carbons (Fsp3) is 0.744. The van der Waals surface area contributed by atoms with Crippen LogP contribution < -0.4 is 10.6 Å². The number of carbonyl (C=O) groups excluding carboxylic acids is 6. The Labute approximate surface area is 314 Å². The minimum absolute atomic E-state index is 0.0271. The van der Waals surface area contributed by atoms with Crippen LogP contribution in [0.3, 0.4) is 0 Å². The Kier molecular flexibility index (Phi) is 17.3. The van der Waals surface area contributed by atoms with Crippen LogP contribution in [0.25, 0.3) is 0 Å². The highest BCUT2D eigenvalue weighted by atomic mass is 16.6. The maximum absolute atomic E-state index is 12.9. The van der Waals surface area contributed by atoms with Gasteiger partial charge in [-0.1, -0.05) is 54.7 Å². The van der Waals surface area contributed by atoms with Crippen molar-refractivity contribution >= 4 is 36.1 Å². The van der Waals surface area contributed by atoms with Gasteiger partial charge in [0, 0.05) is 37.6 Å². The van der Waals surface area contributed by atoms with Gasteiger partial charge in [0.2, 0.25) is 0 Å². The van der Waals surface area contributed by atoms with E-state index in [4.69, 9.17) is 28.4 Å². The molecule has 2 rings (SSSR count). The van der Waals surface area contributed by atoms with Crippen molar-refractivity contribution in [1.29, 1.82) is 0 Å². The Morgan fingerprint density at radius 1 is 0.698 bits per heavy atom. The van der Waals surface area contributed by atoms with Gasteiger partial charge in [-0.05, 0) is 79.4 Å². The Bertz CT molecular complexity index is 1310. The summed E-state index contributed by atoms with van der Waals surface area (Å²) in [5, 5.41) is 5.78. The molecule has 14 heteroatoms. The summed E-state index contributed by atoms with van der Waals surface area (Å²) in [6, 6.07) is -0.178. The van der Waals surface area contributed by atoms with E-state index in [2.05, 4.69) is 65.3 Å². The highest BCUT2D eigenvalue weighted by molar-refractivity contribution is 5.81. The minimum atomic E-state index is -0.675. The molecule has 0 aromatic carbocycles. The topological polar surface area (TPSA) is 182 Å². The average molecular weight is 751 g/mol. The van der Waals surface area contributed by atoms with Gasteiger partial charge < -0.3 is 39.1 Å². The number of nitrogens with one attached hydrogen (secondary N) is 2. The van der Waals surface area contributed by atoms with Crippen LogP contribution in [0, 0.1) is 27.6 Å². The average Bonchev–Trinajstić information content (AvgIpc) is 3.03. The number of esters is 4. The molecule has 0 aromatic rings. The van der Waals surface area contributed by atoms with E-state index in [-0.39, 0.29) is 91.4 Å². The summed E-state index contributed by atoms with van der Waals surface area (Å²) in [4.78, 5) is 72.6. The number of alkyl carbamates (subject to hydrolysis) is 2. The normalized spacial score (nSPS) is 25.0. The van der Waals surface area contributed by atoms with Gasteiger partial charge in [-0.3, -0.25) is 9.59 Å². The summed E-state index contributed by atoms with van der Waals surface area (Å²) in [6.07, 6.45) is 5.76. The number of carbonyl (C=O) groups is 6. The summed E-state index contributed by atoms with van der Waals surface area (Å²) in [7, 11) is 0. The van der Waals surface area contributed by atoms with Gasteiger partial charge in [0.15, 0.2) is 0 Å². The fourth-order valence-electron chi connectivity index (χ4n) is 8.48. The Morgan fingerprint density at radius 3 is 1.89 bits per heavy atom. The largest absolute Gasteiger partial charge is 0.462 e. The number of hydrogen-bond donors (Lipinski definition) is 2. The first kappa shape index (κ1) is 45.1. The Morgan fingerprint density at radius 2 is 1.26 bits per heavy atom. The molecule has 2 N–H and O–H groups in total. The second-order valence-corrected chi connectivity index (χ2v) is 16.9. The van der Waals surface area contributed by atoms with Crippen LogP contribution in [0.4, 0.5) is 9.59 Å². The van der Waals surface area contributed by atoms with Crippen LogP contribution in [0.5, 0.6) is 0 Å². The predicted octanol–water partition coefficient (Wildman–Crippen LogP) is 5.96. The lowest BCUT2D eigenvalue weighted by atomic mass is 9.60. The number of ether oxygens (including phenoxy) is 6. The third-order valence-corrected chi connectivity index (χ3v) is 9.61.